The lowest BCUT2D eigenvalue weighted by Crippen LogP contribution is -2.19. The number of benzene rings is 1. The molecule has 2 rings (SSSR count). The van der Waals surface area contributed by atoms with Gasteiger partial charge in [-0.1, -0.05) is 33.3 Å². The van der Waals surface area contributed by atoms with Gasteiger partial charge in [0, 0.05) is 11.0 Å². The third-order valence-electron chi connectivity index (χ3n) is 2.33. The van der Waals surface area contributed by atoms with Crippen molar-refractivity contribution in [2.24, 2.45) is 0 Å². The van der Waals surface area contributed by atoms with Crippen molar-refractivity contribution in [1.82, 2.24) is 25.9 Å². The standard InChI is InChI=1S/C10H12BrN5/c1-12-6-9(10-13-15-16-14-10)7-3-2-4-8(11)5-7/h2-5,9,12H,6H2,1H3,(H,13,14,15,16). The third-order valence-corrected chi connectivity index (χ3v) is 2.83. The zero-order chi connectivity index (χ0) is 11.4. The van der Waals surface area contributed by atoms with E-state index in [4.69, 9.17) is 0 Å². The molecule has 0 bridgehead atoms. The van der Waals surface area contributed by atoms with E-state index in [1.165, 1.54) is 0 Å². The number of rotatable bonds is 4. The minimum atomic E-state index is 0.112. The third kappa shape index (κ3) is 2.45. The number of aromatic amines is 1. The normalized spacial score (nSPS) is 12.6. The molecule has 0 radical (unpaired) electrons. The summed E-state index contributed by atoms with van der Waals surface area (Å²) in [7, 11) is 1.91. The van der Waals surface area contributed by atoms with Gasteiger partial charge in [-0.25, -0.2) is 0 Å². The molecule has 0 amide bonds. The number of nitrogens with one attached hydrogen (secondary N) is 2. The van der Waals surface area contributed by atoms with E-state index in [1.807, 2.05) is 19.2 Å². The maximum absolute atomic E-state index is 4.04. The molecule has 1 aromatic heterocycles. The van der Waals surface area contributed by atoms with Crippen LogP contribution < -0.4 is 5.32 Å². The fraction of sp³-hybridized carbons (Fsp3) is 0.300. The number of hydrogen-bond acceptors (Lipinski definition) is 4. The summed E-state index contributed by atoms with van der Waals surface area (Å²) in [6.07, 6.45) is 0. The second-order valence-corrected chi connectivity index (χ2v) is 4.35. The summed E-state index contributed by atoms with van der Waals surface area (Å²) in [5, 5.41) is 17.3. The van der Waals surface area contributed by atoms with Crippen LogP contribution in [-0.2, 0) is 0 Å². The molecule has 5 nitrogen and oxygen atoms in total. The van der Waals surface area contributed by atoms with Crippen LogP contribution in [0.4, 0.5) is 0 Å². The Morgan fingerprint density at radius 2 is 2.38 bits per heavy atom. The van der Waals surface area contributed by atoms with E-state index in [2.05, 4.69) is 54.0 Å². The zero-order valence-electron chi connectivity index (χ0n) is 8.81. The SMILES string of the molecule is CNCC(c1cccc(Br)c1)c1nn[nH]n1. The van der Waals surface area contributed by atoms with Crippen LogP contribution >= 0.6 is 15.9 Å². The Balaban J connectivity index is 2.33. The summed E-state index contributed by atoms with van der Waals surface area (Å²) in [6.45, 7) is 0.774. The number of halogens is 1. The van der Waals surface area contributed by atoms with Gasteiger partial charge in [-0.15, -0.1) is 10.2 Å². The summed E-state index contributed by atoms with van der Waals surface area (Å²) >= 11 is 3.46. The van der Waals surface area contributed by atoms with Crippen molar-refractivity contribution in [3.63, 3.8) is 0 Å². The number of H-pyrrole nitrogens is 1. The van der Waals surface area contributed by atoms with E-state index in [0.29, 0.717) is 5.82 Å². The number of hydrogen-bond donors (Lipinski definition) is 2. The molecule has 84 valence electrons. The first-order valence-electron chi connectivity index (χ1n) is 4.94. The zero-order valence-corrected chi connectivity index (χ0v) is 10.4. The minimum Gasteiger partial charge on any atom is -0.319 e. The summed E-state index contributed by atoms with van der Waals surface area (Å²) in [4.78, 5) is 0. The molecule has 1 heterocycles. The van der Waals surface area contributed by atoms with E-state index in [0.717, 1.165) is 16.6 Å². The van der Waals surface area contributed by atoms with Crippen molar-refractivity contribution in [3.8, 4) is 0 Å². The van der Waals surface area contributed by atoms with Crippen LogP contribution in [0.2, 0.25) is 0 Å². The molecule has 1 atom stereocenters. The molecule has 2 aromatic rings. The van der Waals surface area contributed by atoms with Gasteiger partial charge in [0.05, 0.1) is 5.92 Å². The van der Waals surface area contributed by atoms with Crippen molar-refractivity contribution in [1.29, 1.82) is 0 Å². The van der Waals surface area contributed by atoms with Crippen molar-refractivity contribution in [2.75, 3.05) is 13.6 Å². The molecule has 16 heavy (non-hydrogen) atoms. The maximum atomic E-state index is 4.04. The van der Waals surface area contributed by atoms with Gasteiger partial charge in [0.15, 0.2) is 5.82 Å². The molecule has 0 aliphatic carbocycles. The van der Waals surface area contributed by atoms with E-state index < -0.39 is 0 Å². The van der Waals surface area contributed by atoms with Crippen molar-refractivity contribution >= 4 is 15.9 Å². The fourth-order valence-corrected chi connectivity index (χ4v) is 2.02. The molecule has 1 aromatic carbocycles. The smallest absolute Gasteiger partial charge is 0.183 e. The van der Waals surface area contributed by atoms with Crippen LogP contribution in [0.1, 0.15) is 17.3 Å². The van der Waals surface area contributed by atoms with E-state index in [-0.39, 0.29) is 5.92 Å². The summed E-state index contributed by atoms with van der Waals surface area (Å²) in [6, 6.07) is 8.12. The lowest BCUT2D eigenvalue weighted by molar-refractivity contribution is 0.672. The molecule has 0 saturated carbocycles. The van der Waals surface area contributed by atoms with Gasteiger partial charge in [0.1, 0.15) is 0 Å². The monoisotopic (exact) mass is 281 g/mol. The summed E-state index contributed by atoms with van der Waals surface area (Å²) in [5.41, 5.74) is 1.16. The molecular weight excluding hydrogens is 270 g/mol. The van der Waals surface area contributed by atoms with Gasteiger partial charge in [0.25, 0.3) is 0 Å². The van der Waals surface area contributed by atoms with Gasteiger partial charge in [0.2, 0.25) is 0 Å². The Hall–Kier alpha value is -1.27. The van der Waals surface area contributed by atoms with E-state index >= 15 is 0 Å². The number of tetrazole rings is 1. The summed E-state index contributed by atoms with van der Waals surface area (Å²) in [5.74, 6) is 0.814. The average molecular weight is 282 g/mol. The Morgan fingerprint density at radius 3 is 3.00 bits per heavy atom. The first kappa shape index (κ1) is 11.2. The van der Waals surface area contributed by atoms with Crippen LogP contribution in [0.3, 0.4) is 0 Å². The van der Waals surface area contributed by atoms with Crippen molar-refractivity contribution < 1.29 is 0 Å². The lowest BCUT2D eigenvalue weighted by atomic mass is 9.98. The largest absolute Gasteiger partial charge is 0.319 e. The van der Waals surface area contributed by atoms with Gasteiger partial charge >= 0.3 is 0 Å². The topological polar surface area (TPSA) is 66.5 Å². The van der Waals surface area contributed by atoms with Crippen molar-refractivity contribution in [2.45, 2.75) is 5.92 Å². The lowest BCUT2D eigenvalue weighted by Gasteiger charge is -2.13. The molecule has 0 spiro atoms. The fourth-order valence-electron chi connectivity index (χ4n) is 1.60. The van der Waals surface area contributed by atoms with E-state index in [1.54, 1.807) is 0 Å². The van der Waals surface area contributed by atoms with Crippen LogP contribution in [0.15, 0.2) is 28.7 Å². The first-order chi connectivity index (χ1) is 7.81. The second-order valence-electron chi connectivity index (χ2n) is 3.44. The number of nitrogens with zero attached hydrogens (tertiary/aromatic N) is 3. The highest BCUT2D eigenvalue weighted by atomic mass is 79.9. The highest BCUT2D eigenvalue weighted by Crippen LogP contribution is 2.23. The van der Waals surface area contributed by atoms with Crippen LogP contribution in [-0.4, -0.2) is 34.2 Å². The molecule has 1 unspecified atom stereocenters. The van der Waals surface area contributed by atoms with Gasteiger partial charge in [-0.05, 0) is 24.7 Å². The highest BCUT2D eigenvalue weighted by Gasteiger charge is 2.17. The molecule has 6 heteroatoms. The minimum absolute atomic E-state index is 0.112. The predicted octanol–water partition coefficient (Wildman–Crippen LogP) is 1.31. The van der Waals surface area contributed by atoms with Crippen LogP contribution in [0, 0.1) is 0 Å². The van der Waals surface area contributed by atoms with Gasteiger partial charge in [-0.3, -0.25) is 0 Å². The van der Waals surface area contributed by atoms with Gasteiger partial charge < -0.3 is 5.32 Å². The van der Waals surface area contributed by atoms with Crippen LogP contribution in [0.25, 0.3) is 0 Å². The average Bonchev–Trinajstić information content (AvgIpc) is 2.79. The number of likely N-dealkylation sites (N-methyl/N-ethyl adjacent to an activating group) is 1. The Morgan fingerprint density at radius 1 is 1.50 bits per heavy atom. The van der Waals surface area contributed by atoms with Gasteiger partial charge in [-0.2, -0.15) is 5.21 Å². The maximum Gasteiger partial charge on any atom is 0.183 e. The molecule has 0 aliphatic rings. The van der Waals surface area contributed by atoms with E-state index in [9.17, 15) is 0 Å². The predicted molar refractivity (Wildman–Crippen MR) is 64.1 cm³/mol. The quantitative estimate of drug-likeness (QED) is 0.887. The Kier molecular flexibility index (Phi) is 3.63. The second kappa shape index (κ2) is 5.18. The number of aromatic nitrogens is 4. The molecule has 0 fully saturated rings. The molecular formula is C10H12BrN5. The molecule has 0 aliphatic heterocycles. The Labute approximate surface area is 102 Å². The van der Waals surface area contributed by atoms with Crippen LogP contribution in [0.5, 0.6) is 0 Å². The molecule has 0 saturated heterocycles. The molecule has 2 N–H and O–H groups in total. The van der Waals surface area contributed by atoms with Crippen molar-refractivity contribution in [3.05, 3.63) is 40.1 Å². The highest BCUT2D eigenvalue weighted by molar-refractivity contribution is 9.10. The Bertz CT molecular complexity index is 442. The summed E-state index contributed by atoms with van der Waals surface area (Å²) < 4.78 is 1.05. The first-order valence-corrected chi connectivity index (χ1v) is 5.74.